The molecule has 0 bridgehead atoms. The van der Waals surface area contributed by atoms with Gasteiger partial charge in [-0.25, -0.2) is 8.42 Å². The molecule has 21 heavy (non-hydrogen) atoms. The lowest BCUT2D eigenvalue weighted by molar-refractivity contribution is 0.199. The van der Waals surface area contributed by atoms with E-state index in [4.69, 9.17) is 5.26 Å². The fraction of sp³-hybridized carbons (Fsp3) is 0.533. The minimum absolute atomic E-state index is 0.0540. The molecule has 2 rings (SSSR count). The van der Waals surface area contributed by atoms with Crippen molar-refractivity contribution in [2.75, 3.05) is 13.2 Å². The molecule has 0 atom stereocenters. The summed E-state index contributed by atoms with van der Waals surface area (Å²) in [5.74, 6) is 0. The average Bonchev–Trinajstić information content (AvgIpc) is 2.53. The molecule has 0 aliphatic heterocycles. The van der Waals surface area contributed by atoms with Crippen LogP contribution in [0.15, 0.2) is 29.2 Å². The SMILES string of the molecule is N#Cc1cccc(S(=O)(=O)N(CCO)C2CCCCC2)c1. The highest BCUT2D eigenvalue weighted by atomic mass is 32.2. The quantitative estimate of drug-likeness (QED) is 0.900. The molecule has 0 unspecified atom stereocenters. The molecule has 0 heterocycles. The number of nitriles is 1. The largest absolute Gasteiger partial charge is 0.395 e. The van der Waals surface area contributed by atoms with Crippen molar-refractivity contribution >= 4 is 10.0 Å². The molecule has 0 radical (unpaired) electrons. The highest BCUT2D eigenvalue weighted by Gasteiger charge is 2.31. The van der Waals surface area contributed by atoms with E-state index in [0.29, 0.717) is 5.56 Å². The Morgan fingerprint density at radius 2 is 2.00 bits per heavy atom. The number of rotatable bonds is 5. The van der Waals surface area contributed by atoms with Gasteiger partial charge in [0.05, 0.1) is 23.1 Å². The van der Waals surface area contributed by atoms with Crippen molar-refractivity contribution < 1.29 is 13.5 Å². The number of aliphatic hydroxyl groups excluding tert-OH is 1. The van der Waals surface area contributed by atoms with Crippen LogP contribution in [0.25, 0.3) is 0 Å². The maximum absolute atomic E-state index is 12.8. The second-order valence-electron chi connectivity index (χ2n) is 5.27. The molecule has 0 saturated heterocycles. The smallest absolute Gasteiger partial charge is 0.243 e. The number of sulfonamides is 1. The molecule has 1 aliphatic rings. The second kappa shape index (κ2) is 7.03. The molecule has 1 fully saturated rings. The first-order chi connectivity index (χ1) is 10.1. The summed E-state index contributed by atoms with van der Waals surface area (Å²) in [5, 5.41) is 18.1. The molecule has 5 nitrogen and oxygen atoms in total. The van der Waals surface area contributed by atoms with Gasteiger partial charge in [-0.3, -0.25) is 0 Å². The predicted molar refractivity (Wildman–Crippen MR) is 79.0 cm³/mol. The van der Waals surface area contributed by atoms with Gasteiger partial charge in [0.1, 0.15) is 0 Å². The first kappa shape index (κ1) is 16.0. The highest BCUT2D eigenvalue weighted by Crippen LogP contribution is 2.27. The lowest BCUT2D eigenvalue weighted by Crippen LogP contribution is -2.43. The fourth-order valence-electron chi connectivity index (χ4n) is 2.83. The molecule has 0 aromatic heterocycles. The lowest BCUT2D eigenvalue weighted by atomic mass is 9.95. The van der Waals surface area contributed by atoms with Crippen molar-refractivity contribution in [3.8, 4) is 6.07 Å². The van der Waals surface area contributed by atoms with Gasteiger partial charge in [0.2, 0.25) is 10.0 Å². The Kier molecular flexibility index (Phi) is 5.34. The van der Waals surface area contributed by atoms with Crippen LogP contribution < -0.4 is 0 Å². The molecule has 6 heteroatoms. The third-order valence-electron chi connectivity index (χ3n) is 3.87. The van der Waals surface area contributed by atoms with Crippen molar-refractivity contribution in [1.82, 2.24) is 4.31 Å². The minimum Gasteiger partial charge on any atom is -0.395 e. The normalized spacial score (nSPS) is 16.8. The Labute approximate surface area is 125 Å². The summed E-state index contributed by atoms with van der Waals surface area (Å²) < 4.78 is 27.0. The van der Waals surface area contributed by atoms with E-state index in [9.17, 15) is 13.5 Å². The Balaban J connectivity index is 2.34. The van der Waals surface area contributed by atoms with Gasteiger partial charge in [-0.1, -0.05) is 25.3 Å². The van der Waals surface area contributed by atoms with Gasteiger partial charge in [-0.05, 0) is 31.0 Å². The van der Waals surface area contributed by atoms with Crippen molar-refractivity contribution in [3.63, 3.8) is 0 Å². The van der Waals surface area contributed by atoms with Crippen LogP contribution in [-0.2, 0) is 10.0 Å². The third-order valence-corrected chi connectivity index (χ3v) is 5.82. The van der Waals surface area contributed by atoms with E-state index in [1.165, 1.54) is 16.4 Å². The molecular formula is C15H20N2O3S. The van der Waals surface area contributed by atoms with Gasteiger partial charge in [0.25, 0.3) is 0 Å². The fourth-order valence-corrected chi connectivity index (χ4v) is 4.55. The van der Waals surface area contributed by atoms with Crippen LogP contribution in [0.2, 0.25) is 0 Å². The minimum atomic E-state index is -3.67. The van der Waals surface area contributed by atoms with Crippen molar-refractivity contribution in [2.45, 2.75) is 43.0 Å². The van der Waals surface area contributed by atoms with E-state index < -0.39 is 10.0 Å². The van der Waals surface area contributed by atoms with Crippen LogP contribution in [-0.4, -0.2) is 37.0 Å². The van der Waals surface area contributed by atoms with Gasteiger partial charge in [0.15, 0.2) is 0 Å². The zero-order chi connectivity index (χ0) is 15.3. The van der Waals surface area contributed by atoms with Crippen molar-refractivity contribution in [1.29, 1.82) is 5.26 Å². The number of nitrogens with zero attached hydrogens (tertiary/aromatic N) is 2. The maximum atomic E-state index is 12.8. The maximum Gasteiger partial charge on any atom is 0.243 e. The molecule has 114 valence electrons. The summed E-state index contributed by atoms with van der Waals surface area (Å²) in [6.07, 6.45) is 4.82. The zero-order valence-corrected chi connectivity index (χ0v) is 12.7. The molecule has 1 saturated carbocycles. The van der Waals surface area contributed by atoms with E-state index in [-0.39, 0.29) is 24.1 Å². The lowest BCUT2D eigenvalue weighted by Gasteiger charge is -2.33. The van der Waals surface area contributed by atoms with E-state index in [2.05, 4.69) is 0 Å². The Bertz CT molecular complexity index is 616. The Hall–Kier alpha value is -1.42. The molecule has 0 amide bonds. The first-order valence-corrected chi connectivity index (χ1v) is 8.66. The summed E-state index contributed by atoms with van der Waals surface area (Å²) in [6.45, 7) is -0.0998. The van der Waals surface area contributed by atoms with Gasteiger partial charge in [-0.15, -0.1) is 0 Å². The zero-order valence-electron chi connectivity index (χ0n) is 11.9. The molecule has 1 aromatic carbocycles. The molecule has 1 aromatic rings. The summed E-state index contributed by atoms with van der Waals surface area (Å²) in [6, 6.07) is 7.95. The Morgan fingerprint density at radius 3 is 2.62 bits per heavy atom. The van der Waals surface area contributed by atoms with Crippen LogP contribution >= 0.6 is 0 Å². The van der Waals surface area contributed by atoms with Crippen LogP contribution in [0, 0.1) is 11.3 Å². The number of hydrogen-bond acceptors (Lipinski definition) is 4. The monoisotopic (exact) mass is 308 g/mol. The van der Waals surface area contributed by atoms with Crippen LogP contribution in [0.4, 0.5) is 0 Å². The molecule has 0 spiro atoms. The standard InChI is InChI=1S/C15H20N2O3S/c16-12-13-5-4-8-15(11-13)21(19,20)17(9-10-18)14-6-2-1-3-7-14/h4-5,8,11,14,18H,1-3,6-7,9-10H2. The number of aliphatic hydroxyl groups is 1. The van der Waals surface area contributed by atoms with E-state index in [1.54, 1.807) is 12.1 Å². The second-order valence-corrected chi connectivity index (χ2v) is 7.16. The van der Waals surface area contributed by atoms with Gasteiger partial charge >= 0.3 is 0 Å². The van der Waals surface area contributed by atoms with E-state index in [0.717, 1.165) is 32.1 Å². The van der Waals surface area contributed by atoms with Crippen LogP contribution in [0.5, 0.6) is 0 Å². The van der Waals surface area contributed by atoms with Crippen molar-refractivity contribution in [2.24, 2.45) is 0 Å². The summed E-state index contributed by atoms with van der Waals surface area (Å²) in [5.41, 5.74) is 0.323. The average molecular weight is 308 g/mol. The van der Waals surface area contributed by atoms with Crippen LogP contribution in [0.3, 0.4) is 0 Å². The first-order valence-electron chi connectivity index (χ1n) is 7.22. The van der Waals surface area contributed by atoms with Gasteiger partial charge < -0.3 is 5.11 Å². The topological polar surface area (TPSA) is 81.4 Å². The van der Waals surface area contributed by atoms with Gasteiger partial charge in [-0.2, -0.15) is 9.57 Å². The predicted octanol–water partition coefficient (Wildman–Crippen LogP) is 1.87. The van der Waals surface area contributed by atoms with Gasteiger partial charge in [0, 0.05) is 12.6 Å². The molecule has 1 N–H and O–H groups in total. The molecular weight excluding hydrogens is 288 g/mol. The summed E-state index contributed by atoms with van der Waals surface area (Å²) >= 11 is 0. The Morgan fingerprint density at radius 1 is 1.29 bits per heavy atom. The number of hydrogen-bond donors (Lipinski definition) is 1. The summed E-state index contributed by atoms with van der Waals surface area (Å²) in [7, 11) is -3.67. The molecule has 1 aliphatic carbocycles. The van der Waals surface area contributed by atoms with E-state index >= 15 is 0 Å². The highest BCUT2D eigenvalue weighted by molar-refractivity contribution is 7.89. The third kappa shape index (κ3) is 3.62. The van der Waals surface area contributed by atoms with Crippen LogP contribution in [0.1, 0.15) is 37.7 Å². The van der Waals surface area contributed by atoms with E-state index in [1.807, 2.05) is 6.07 Å². The van der Waals surface area contributed by atoms with Crippen molar-refractivity contribution in [3.05, 3.63) is 29.8 Å². The summed E-state index contributed by atoms with van der Waals surface area (Å²) in [4.78, 5) is 0.126. The number of benzene rings is 1.